The molecule has 0 fully saturated rings. The fourth-order valence-corrected chi connectivity index (χ4v) is 1.27. The quantitative estimate of drug-likeness (QED) is 0.496. The third-order valence-electron chi connectivity index (χ3n) is 2.13. The minimum Gasteiger partial charge on any atom is -0.302 e. The van der Waals surface area contributed by atoms with E-state index in [-0.39, 0.29) is 17.4 Å². The van der Waals surface area contributed by atoms with Crippen LogP contribution in [0, 0.1) is 11.3 Å². The number of unbranched alkanes of at least 4 members (excludes halogenated alkanes) is 1. The Hall–Kier alpha value is -0.920. The summed E-state index contributed by atoms with van der Waals surface area (Å²) in [5.41, 5.74) is 1.02. The van der Waals surface area contributed by atoms with Crippen LogP contribution in [0.4, 0.5) is 0 Å². The predicted octanol–water partition coefficient (Wildman–Crippen LogP) is 2.98. The van der Waals surface area contributed by atoms with Gasteiger partial charge in [0.15, 0.2) is 5.78 Å². The lowest BCUT2D eigenvalue weighted by Gasteiger charge is -2.14. The Morgan fingerprint density at radius 1 is 1.46 bits per heavy atom. The summed E-state index contributed by atoms with van der Waals surface area (Å²) in [5.74, 6) is -0.196. The van der Waals surface area contributed by atoms with Crippen LogP contribution in [0.2, 0.25) is 0 Å². The van der Waals surface area contributed by atoms with Crippen LogP contribution in [-0.2, 0) is 4.79 Å². The number of hydrogen-bond donors (Lipinski definition) is 1. The maximum atomic E-state index is 11.5. The maximum absolute atomic E-state index is 11.5. The van der Waals surface area contributed by atoms with Gasteiger partial charge in [-0.25, -0.2) is 0 Å². The van der Waals surface area contributed by atoms with Gasteiger partial charge in [-0.2, -0.15) is 0 Å². The lowest BCUT2D eigenvalue weighted by molar-refractivity contribution is -0.115. The van der Waals surface area contributed by atoms with E-state index in [1.807, 2.05) is 6.92 Å². The topological polar surface area (TPSA) is 40.9 Å². The van der Waals surface area contributed by atoms with Gasteiger partial charge in [0.05, 0.1) is 5.71 Å². The number of allylic oxidation sites excluding steroid dienone is 1. The maximum Gasteiger partial charge on any atom is 0.183 e. The molecule has 1 N–H and O–H groups in total. The monoisotopic (exact) mass is 181 g/mol. The van der Waals surface area contributed by atoms with Crippen molar-refractivity contribution in [3.63, 3.8) is 0 Å². The highest BCUT2D eigenvalue weighted by Gasteiger charge is 2.19. The van der Waals surface area contributed by atoms with Crippen LogP contribution >= 0.6 is 0 Å². The van der Waals surface area contributed by atoms with Gasteiger partial charge >= 0.3 is 0 Å². The number of rotatable bonds is 6. The Balaban J connectivity index is 4.33. The molecular weight excluding hydrogens is 162 g/mol. The largest absolute Gasteiger partial charge is 0.302 e. The van der Waals surface area contributed by atoms with Gasteiger partial charge in [-0.05, 0) is 20.3 Å². The van der Waals surface area contributed by atoms with Gasteiger partial charge in [-0.3, -0.25) is 4.79 Å². The number of carbonyl (C=O) groups excluding carboxylic acids is 1. The molecule has 2 nitrogen and oxygen atoms in total. The molecule has 0 saturated carbocycles. The van der Waals surface area contributed by atoms with Crippen molar-refractivity contribution in [1.82, 2.24) is 0 Å². The van der Waals surface area contributed by atoms with Crippen LogP contribution in [-0.4, -0.2) is 11.5 Å². The van der Waals surface area contributed by atoms with Crippen LogP contribution in [0.25, 0.3) is 0 Å². The Bertz CT molecular complexity index is 218. The van der Waals surface area contributed by atoms with Crippen molar-refractivity contribution in [2.45, 2.75) is 40.0 Å². The lowest BCUT2D eigenvalue weighted by atomic mass is 9.89. The van der Waals surface area contributed by atoms with Gasteiger partial charge in [-0.1, -0.05) is 31.9 Å². The summed E-state index contributed by atoms with van der Waals surface area (Å²) in [4.78, 5) is 11.5. The van der Waals surface area contributed by atoms with Gasteiger partial charge in [0.2, 0.25) is 0 Å². The van der Waals surface area contributed by atoms with Crippen molar-refractivity contribution in [2.24, 2.45) is 5.92 Å². The first-order valence-electron chi connectivity index (χ1n) is 4.75. The number of Topliss-reactive ketones (excluding diaryl/α,β-unsaturated/α-hetero) is 1. The summed E-state index contributed by atoms with van der Waals surface area (Å²) in [6.45, 7) is 9.30. The zero-order chi connectivity index (χ0) is 10.4. The first kappa shape index (κ1) is 12.1. The highest BCUT2D eigenvalue weighted by Crippen LogP contribution is 2.17. The molecule has 0 bridgehead atoms. The smallest absolute Gasteiger partial charge is 0.183 e. The van der Waals surface area contributed by atoms with Gasteiger partial charge in [0.1, 0.15) is 0 Å². The van der Waals surface area contributed by atoms with Crippen LogP contribution in [0.3, 0.4) is 0 Å². The van der Waals surface area contributed by atoms with Crippen molar-refractivity contribution in [3.8, 4) is 0 Å². The molecule has 0 amide bonds. The van der Waals surface area contributed by atoms with E-state index in [2.05, 4.69) is 13.5 Å². The van der Waals surface area contributed by atoms with Crippen molar-refractivity contribution in [2.75, 3.05) is 0 Å². The van der Waals surface area contributed by atoms with Crippen LogP contribution in [0.5, 0.6) is 0 Å². The fraction of sp³-hybridized carbons (Fsp3) is 0.636. The zero-order valence-corrected chi connectivity index (χ0v) is 8.81. The highest BCUT2D eigenvalue weighted by atomic mass is 16.1. The van der Waals surface area contributed by atoms with Crippen LogP contribution < -0.4 is 0 Å². The number of ketones is 1. The van der Waals surface area contributed by atoms with E-state index in [4.69, 9.17) is 5.41 Å². The van der Waals surface area contributed by atoms with Crippen molar-refractivity contribution in [1.29, 1.82) is 5.41 Å². The van der Waals surface area contributed by atoms with Crippen molar-refractivity contribution in [3.05, 3.63) is 12.2 Å². The van der Waals surface area contributed by atoms with Gasteiger partial charge in [-0.15, -0.1) is 0 Å². The molecule has 0 rings (SSSR count). The van der Waals surface area contributed by atoms with Gasteiger partial charge < -0.3 is 5.41 Å². The molecule has 0 spiro atoms. The molecule has 2 heteroatoms. The number of hydrogen-bond acceptors (Lipinski definition) is 2. The SMILES string of the molecule is C=C(C)[C@@H](CCCC)C(=O)C(C)=N. The first-order valence-corrected chi connectivity index (χ1v) is 4.75. The molecule has 0 heterocycles. The number of nitrogens with one attached hydrogen (secondary N) is 1. The average molecular weight is 181 g/mol. The molecule has 0 aliphatic rings. The van der Waals surface area contributed by atoms with Crippen molar-refractivity contribution >= 4 is 11.5 Å². The van der Waals surface area contributed by atoms with Gasteiger partial charge in [0, 0.05) is 5.92 Å². The van der Waals surface area contributed by atoms with Gasteiger partial charge in [0.25, 0.3) is 0 Å². The summed E-state index contributed by atoms with van der Waals surface area (Å²) in [6.07, 6.45) is 2.94. The molecule has 0 aliphatic carbocycles. The lowest BCUT2D eigenvalue weighted by Crippen LogP contribution is -2.21. The molecular formula is C11H19NO. The van der Waals surface area contributed by atoms with E-state index in [1.54, 1.807) is 6.92 Å². The Morgan fingerprint density at radius 2 is 2.00 bits per heavy atom. The Kier molecular flexibility index (Phi) is 5.28. The molecule has 0 aromatic carbocycles. The van der Waals surface area contributed by atoms with E-state index in [1.165, 1.54) is 0 Å². The third-order valence-corrected chi connectivity index (χ3v) is 2.13. The van der Waals surface area contributed by atoms with Crippen LogP contribution in [0.15, 0.2) is 12.2 Å². The highest BCUT2D eigenvalue weighted by molar-refractivity contribution is 6.38. The van der Waals surface area contributed by atoms with Crippen molar-refractivity contribution < 1.29 is 4.79 Å². The summed E-state index contributed by atoms with van der Waals surface area (Å²) in [6, 6.07) is 0. The molecule has 1 atom stereocenters. The molecule has 0 saturated heterocycles. The Labute approximate surface area is 80.5 Å². The second-order valence-electron chi connectivity index (χ2n) is 3.53. The summed E-state index contributed by atoms with van der Waals surface area (Å²) < 4.78 is 0. The summed E-state index contributed by atoms with van der Waals surface area (Å²) >= 11 is 0. The summed E-state index contributed by atoms with van der Waals surface area (Å²) in [7, 11) is 0. The second kappa shape index (κ2) is 5.68. The number of carbonyl (C=O) groups is 1. The van der Waals surface area contributed by atoms with E-state index in [9.17, 15) is 4.79 Å². The van der Waals surface area contributed by atoms with E-state index < -0.39 is 0 Å². The molecule has 0 aromatic rings. The van der Waals surface area contributed by atoms with E-state index >= 15 is 0 Å². The molecule has 13 heavy (non-hydrogen) atoms. The average Bonchev–Trinajstić information content (AvgIpc) is 2.04. The molecule has 0 radical (unpaired) electrons. The Morgan fingerprint density at radius 3 is 2.31 bits per heavy atom. The fourth-order valence-electron chi connectivity index (χ4n) is 1.27. The molecule has 0 aliphatic heterocycles. The second-order valence-corrected chi connectivity index (χ2v) is 3.53. The third kappa shape index (κ3) is 4.02. The normalized spacial score (nSPS) is 12.2. The minimum absolute atomic E-state index is 0.0686. The molecule has 0 aromatic heterocycles. The van der Waals surface area contributed by atoms with E-state index in [0.29, 0.717) is 0 Å². The molecule has 0 unspecified atom stereocenters. The van der Waals surface area contributed by atoms with E-state index in [0.717, 1.165) is 24.8 Å². The van der Waals surface area contributed by atoms with Crippen LogP contribution in [0.1, 0.15) is 40.0 Å². The standard InChI is InChI=1S/C11H19NO/c1-5-6-7-10(8(2)3)11(13)9(4)12/h10,12H,2,5-7H2,1,3-4H3/t10-/m1/s1. The predicted molar refractivity (Wildman–Crippen MR) is 56.2 cm³/mol. The zero-order valence-electron chi connectivity index (χ0n) is 8.81. The summed E-state index contributed by atoms with van der Waals surface area (Å²) in [5, 5.41) is 7.27. The first-order chi connectivity index (χ1) is 6.00. The molecule has 74 valence electrons. The minimum atomic E-state index is -0.127.